The van der Waals surface area contributed by atoms with E-state index in [0.717, 1.165) is 12.1 Å². The molecular formula is C24H18FN3O4S. The number of nitrogens with one attached hydrogen (secondary N) is 2. The van der Waals surface area contributed by atoms with E-state index in [1.165, 1.54) is 36.4 Å². The number of carbonyl (C=O) groups excluding carboxylic acids is 1. The van der Waals surface area contributed by atoms with Crippen LogP contribution in [0.3, 0.4) is 0 Å². The number of amides is 1. The maximum atomic E-state index is 13.0. The van der Waals surface area contributed by atoms with Gasteiger partial charge in [-0.05, 0) is 84.9 Å². The van der Waals surface area contributed by atoms with Crippen LogP contribution in [0.5, 0.6) is 11.5 Å². The van der Waals surface area contributed by atoms with E-state index in [2.05, 4.69) is 15.0 Å². The van der Waals surface area contributed by atoms with Gasteiger partial charge in [0.05, 0.1) is 4.90 Å². The number of rotatable bonds is 7. The summed E-state index contributed by atoms with van der Waals surface area (Å²) in [6.07, 6.45) is 3.25. The Labute approximate surface area is 189 Å². The summed E-state index contributed by atoms with van der Waals surface area (Å²) in [5, 5.41) is 2.75. The highest BCUT2D eigenvalue weighted by atomic mass is 32.2. The molecule has 4 rings (SSSR count). The maximum Gasteiger partial charge on any atom is 0.261 e. The molecule has 9 heteroatoms. The van der Waals surface area contributed by atoms with E-state index in [0.29, 0.717) is 17.2 Å². The summed E-state index contributed by atoms with van der Waals surface area (Å²) in [6, 6.07) is 20.7. The van der Waals surface area contributed by atoms with Crippen molar-refractivity contribution in [3.63, 3.8) is 0 Å². The first-order valence-corrected chi connectivity index (χ1v) is 11.3. The Morgan fingerprint density at radius 2 is 1.33 bits per heavy atom. The van der Waals surface area contributed by atoms with E-state index in [1.807, 2.05) is 0 Å². The molecular weight excluding hydrogens is 445 g/mol. The second kappa shape index (κ2) is 9.49. The average molecular weight is 463 g/mol. The molecule has 2 N–H and O–H groups in total. The number of ether oxygens (including phenoxy) is 1. The normalized spacial score (nSPS) is 10.9. The second-order valence-corrected chi connectivity index (χ2v) is 8.58. The summed E-state index contributed by atoms with van der Waals surface area (Å²) in [4.78, 5) is 16.4. The SMILES string of the molecule is O=C(Nc1ccc(Oc2ccncc2)cc1)c1ccc(S(=O)(=O)Nc2ccc(F)cc2)cc1. The van der Waals surface area contributed by atoms with Crippen LogP contribution in [-0.4, -0.2) is 19.3 Å². The topological polar surface area (TPSA) is 97.4 Å². The molecule has 0 atom stereocenters. The van der Waals surface area contributed by atoms with Gasteiger partial charge in [-0.3, -0.25) is 14.5 Å². The van der Waals surface area contributed by atoms with Crippen LogP contribution in [0, 0.1) is 5.82 Å². The molecule has 0 radical (unpaired) electrons. The summed E-state index contributed by atoms with van der Waals surface area (Å²) >= 11 is 0. The number of benzene rings is 3. The molecule has 7 nitrogen and oxygen atoms in total. The number of hydrogen-bond donors (Lipinski definition) is 2. The van der Waals surface area contributed by atoms with Crippen molar-refractivity contribution in [2.45, 2.75) is 4.90 Å². The number of aromatic nitrogens is 1. The zero-order chi connectivity index (χ0) is 23.3. The molecule has 0 spiro atoms. The van der Waals surface area contributed by atoms with Gasteiger partial charge in [0.2, 0.25) is 0 Å². The number of sulfonamides is 1. The van der Waals surface area contributed by atoms with Gasteiger partial charge in [0.1, 0.15) is 17.3 Å². The molecule has 0 saturated carbocycles. The molecule has 1 aromatic heterocycles. The average Bonchev–Trinajstić information content (AvgIpc) is 2.82. The van der Waals surface area contributed by atoms with Crippen molar-refractivity contribution in [3.05, 3.63) is 109 Å². The van der Waals surface area contributed by atoms with Gasteiger partial charge in [-0.1, -0.05) is 0 Å². The molecule has 1 amide bonds. The van der Waals surface area contributed by atoms with Crippen LogP contribution < -0.4 is 14.8 Å². The first-order valence-electron chi connectivity index (χ1n) is 9.77. The van der Waals surface area contributed by atoms with Crippen molar-refractivity contribution < 1.29 is 22.3 Å². The van der Waals surface area contributed by atoms with E-state index in [-0.39, 0.29) is 16.1 Å². The van der Waals surface area contributed by atoms with Crippen molar-refractivity contribution in [1.82, 2.24) is 4.98 Å². The zero-order valence-electron chi connectivity index (χ0n) is 17.1. The summed E-state index contributed by atoms with van der Waals surface area (Å²) in [5.41, 5.74) is 1.07. The Kier molecular flexibility index (Phi) is 6.32. The van der Waals surface area contributed by atoms with Crippen LogP contribution in [-0.2, 0) is 10.0 Å². The van der Waals surface area contributed by atoms with Gasteiger partial charge >= 0.3 is 0 Å². The van der Waals surface area contributed by atoms with E-state index in [1.54, 1.807) is 48.8 Å². The largest absolute Gasteiger partial charge is 0.457 e. The van der Waals surface area contributed by atoms with E-state index < -0.39 is 21.7 Å². The van der Waals surface area contributed by atoms with Crippen molar-refractivity contribution in [2.75, 3.05) is 10.0 Å². The fourth-order valence-electron chi connectivity index (χ4n) is 2.87. The molecule has 0 aliphatic rings. The van der Waals surface area contributed by atoms with Crippen LogP contribution >= 0.6 is 0 Å². The van der Waals surface area contributed by atoms with Crippen molar-refractivity contribution in [2.24, 2.45) is 0 Å². The van der Waals surface area contributed by atoms with Crippen LogP contribution in [0.4, 0.5) is 15.8 Å². The highest BCUT2D eigenvalue weighted by Gasteiger charge is 2.15. The molecule has 0 aliphatic heterocycles. The minimum Gasteiger partial charge on any atom is -0.457 e. The third-order valence-electron chi connectivity index (χ3n) is 4.52. The predicted octanol–water partition coefficient (Wildman–Crippen LogP) is 5.07. The van der Waals surface area contributed by atoms with Gasteiger partial charge in [-0.2, -0.15) is 0 Å². The number of hydrogen-bond acceptors (Lipinski definition) is 5. The fourth-order valence-corrected chi connectivity index (χ4v) is 3.93. The van der Waals surface area contributed by atoms with Crippen LogP contribution in [0.15, 0.2) is 102 Å². The smallest absolute Gasteiger partial charge is 0.261 e. The summed E-state index contributed by atoms with van der Waals surface area (Å²) < 4.78 is 46.1. The van der Waals surface area contributed by atoms with Crippen LogP contribution in [0.2, 0.25) is 0 Å². The van der Waals surface area contributed by atoms with E-state index in [4.69, 9.17) is 4.74 Å². The summed E-state index contributed by atoms with van der Waals surface area (Å²) in [6.45, 7) is 0. The number of nitrogens with zero attached hydrogens (tertiary/aromatic N) is 1. The Bertz CT molecular complexity index is 1340. The predicted molar refractivity (Wildman–Crippen MR) is 122 cm³/mol. The van der Waals surface area contributed by atoms with Gasteiger partial charge < -0.3 is 10.1 Å². The summed E-state index contributed by atoms with van der Waals surface area (Å²) in [7, 11) is -3.88. The lowest BCUT2D eigenvalue weighted by Crippen LogP contribution is -2.14. The first kappa shape index (κ1) is 22.0. The molecule has 4 aromatic rings. The Morgan fingerprint density at radius 3 is 1.97 bits per heavy atom. The maximum absolute atomic E-state index is 13.0. The number of pyridine rings is 1. The van der Waals surface area contributed by atoms with Crippen molar-refractivity contribution in [1.29, 1.82) is 0 Å². The van der Waals surface area contributed by atoms with Gasteiger partial charge in [-0.25, -0.2) is 12.8 Å². The third-order valence-corrected chi connectivity index (χ3v) is 5.92. The molecule has 3 aromatic carbocycles. The number of carbonyl (C=O) groups is 1. The van der Waals surface area contributed by atoms with Crippen molar-refractivity contribution in [3.8, 4) is 11.5 Å². The minimum atomic E-state index is -3.88. The van der Waals surface area contributed by atoms with E-state index >= 15 is 0 Å². The molecule has 166 valence electrons. The Hall–Kier alpha value is -4.24. The fraction of sp³-hybridized carbons (Fsp3) is 0. The molecule has 0 saturated heterocycles. The molecule has 0 aliphatic carbocycles. The monoisotopic (exact) mass is 463 g/mol. The van der Waals surface area contributed by atoms with Crippen molar-refractivity contribution >= 4 is 27.3 Å². The lowest BCUT2D eigenvalue weighted by atomic mass is 10.2. The summed E-state index contributed by atoms with van der Waals surface area (Å²) in [5.74, 6) is 0.380. The minimum absolute atomic E-state index is 0.0269. The van der Waals surface area contributed by atoms with Crippen LogP contribution in [0.1, 0.15) is 10.4 Å². The molecule has 0 bridgehead atoms. The lowest BCUT2D eigenvalue weighted by molar-refractivity contribution is 0.102. The first-order chi connectivity index (χ1) is 15.9. The Morgan fingerprint density at radius 1 is 0.758 bits per heavy atom. The number of halogens is 1. The van der Waals surface area contributed by atoms with Gasteiger partial charge in [0.25, 0.3) is 15.9 Å². The number of anilines is 2. The molecule has 33 heavy (non-hydrogen) atoms. The third kappa shape index (κ3) is 5.72. The molecule has 0 fully saturated rings. The second-order valence-electron chi connectivity index (χ2n) is 6.90. The Balaban J connectivity index is 1.39. The standard InChI is InChI=1S/C24H18FN3O4S/c25-18-3-5-20(6-4-18)28-33(30,31)23-11-1-17(2-12-23)24(29)27-19-7-9-21(10-8-19)32-22-13-15-26-16-14-22/h1-16,28H,(H,27,29). The lowest BCUT2D eigenvalue weighted by Gasteiger charge is -2.10. The van der Waals surface area contributed by atoms with Gasteiger partial charge in [-0.15, -0.1) is 0 Å². The quantitative estimate of drug-likeness (QED) is 0.399. The van der Waals surface area contributed by atoms with Gasteiger partial charge in [0, 0.05) is 29.3 Å². The molecule has 1 heterocycles. The van der Waals surface area contributed by atoms with E-state index in [9.17, 15) is 17.6 Å². The zero-order valence-corrected chi connectivity index (χ0v) is 17.9. The van der Waals surface area contributed by atoms with Gasteiger partial charge in [0.15, 0.2) is 0 Å². The highest BCUT2D eigenvalue weighted by molar-refractivity contribution is 7.92. The van der Waals surface area contributed by atoms with Crippen LogP contribution in [0.25, 0.3) is 0 Å². The molecule has 0 unspecified atom stereocenters. The highest BCUT2D eigenvalue weighted by Crippen LogP contribution is 2.23.